The lowest BCUT2D eigenvalue weighted by atomic mass is 10.1. The molecule has 0 spiro atoms. The van der Waals surface area contributed by atoms with Crippen molar-refractivity contribution in [3.63, 3.8) is 0 Å². The normalized spacial score (nSPS) is 10.8. The summed E-state index contributed by atoms with van der Waals surface area (Å²) in [5, 5.41) is 6.64. The summed E-state index contributed by atoms with van der Waals surface area (Å²) >= 11 is 0. The molecular formula is C18H14F3N3O3. The van der Waals surface area contributed by atoms with E-state index in [9.17, 15) is 22.8 Å². The summed E-state index contributed by atoms with van der Waals surface area (Å²) in [5.41, 5.74) is 0.450. The topological polar surface area (TPSA) is 75.4 Å². The molecule has 1 N–H and O–H groups in total. The van der Waals surface area contributed by atoms with E-state index in [1.807, 2.05) is 0 Å². The van der Waals surface area contributed by atoms with E-state index in [1.54, 1.807) is 24.3 Å². The Hall–Kier alpha value is -3.36. The maximum atomic E-state index is 13.6. The van der Waals surface area contributed by atoms with E-state index in [-0.39, 0.29) is 6.42 Å². The van der Waals surface area contributed by atoms with Crippen molar-refractivity contribution in [1.29, 1.82) is 0 Å². The van der Waals surface area contributed by atoms with Gasteiger partial charge in [-0.05, 0) is 24.3 Å². The Morgan fingerprint density at radius 3 is 2.63 bits per heavy atom. The predicted octanol–water partition coefficient (Wildman–Crippen LogP) is 2.88. The summed E-state index contributed by atoms with van der Waals surface area (Å²) in [5.74, 6) is -5.74. The van der Waals surface area contributed by atoms with Gasteiger partial charge in [-0.15, -0.1) is 0 Å². The number of carbonyl (C=O) groups is 2. The lowest BCUT2D eigenvalue weighted by Crippen LogP contribution is -2.36. The van der Waals surface area contributed by atoms with Gasteiger partial charge in [-0.2, -0.15) is 0 Å². The molecule has 0 radical (unpaired) electrons. The van der Waals surface area contributed by atoms with E-state index in [0.29, 0.717) is 22.7 Å². The number of rotatable bonds is 5. The summed E-state index contributed by atoms with van der Waals surface area (Å²) in [6, 6.07) is 8.61. The number of anilines is 1. The molecular weight excluding hydrogens is 363 g/mol. The fraction of sp³-hybridized carbons (Fsp3) is 0.167. The molecule has 0 bridgehead atoms. The highest BCUT2D eigenvalue weighted by Gasteiger charge is 2.19. The van der Waals surface area contributed by atoms with Gasteiger partial charge in [-0.25, -0.2) is 13.2 Å². The number of aromatic nitrogens is 1. The van der Waals surface area contributed by atoms with Gasteiger partial charge >= 0.3 is 0 Å². The molecule has 27 heavy (non-hydrogen) atoms. The highest BCUT2D eigenvalue weighted by atomic mass is 19.2. The Balaban J connectivity index is 1.62. The van der Waals surface area contributed by atoms with Crippen molar-refractivity contribution in [3.8, 4) is 0 Å². The smallest absolute Gasteiger partial charge is 0.244 e. The summed E-state index contributed by atoms with van der Waals surface area (Å²) < 4.78 is 44.8. The zero-order valence-electron chi connectivity index (χ0n) is 14.1. The van der Waals surface area contributed by atoms with Crippen molar-refractivity contribution in [2.75, 3.05) is 18.9 Å². The van der Waals surface area contributed by atoms with Crippen molar-refractivity contribution in [2.45, 2.75) is 6.42 Å². The van der Waals surface area contributed by atoms with Gasteiger partial charge in [-0.3, -0.25) is 9.59 Å². The van der Waals surface area contributed by atoms with Crippen molar-refractivity contribution in [2.24, 2.45) is 0 Å². The summed E-state index contributed by atoms with van der Waals surface area (Å²) in [7, 11) is 1.38. The molecule has 9 heteroatoms. The molecule has 0 saturated heterocycles. The van der Waals surface area contributed by atoms with Crippen LogP contribution < -0.4 is 5.32 Å². The second kappa shape index (κ2) is 7.48. The van der Waals surface area contributed by atoms with Crippen LogP contribution >= 0.6 is 0 Å². The minimum absolute atomic E-state index is 0.0969. The lowest BCUT2D eigenvalue weighted by Gasteiger charge is -2.16. The third-order valence-electron chi connectivity index (χ3n) is 3.89. The van der Waals surface area contributed by atoms with Crippen LogP contribution in [0.3, 0.4) is 0 Å². The van der Waals surface area contributed by atoms with Crippen LogP contribution in [-0.4, -0.2) is 35.5 Å². The van der Waals surface area contributed by atoms with Crippen LogP contribution in [0.4, 0.5) is 18.9 Å². The first-order valence-electron chi connectivity index (χ1n) is 7.87. The predicted molar refractivity (Wildman–Crippen MR) is 90.3 cm³/mol. The Kier molecular flexibility index (Phi) is 5.11. The van der Waals surface area contributed by atoms with Gasteiger partial charge in [0.2, 0.25) is 11.8 Å². The molecule has 6 nitrogen and oxygen atoms in total. The maximum absolute atomic E-state index is 13.6. The van der Waals surface area contributed by atoms with Crippen LogP contribution in [-0.2, 0) is 16.0 Å². The number of hydrogen-bond donors (Lipinski definition) is 1. The Morgan fingerprint density at radius 2 is 1.85 bits per heavy atom. The van der Waals surface area contributed by atoms with Gasteiger partial charge in [0.1, 0.15) is 5.69 Å². The molecule has 0 atom stereocenters. The SMILES string of the molecule is CN(CC(=O)Nc1ccc(F)c(F)c1F)C(=O)Cc1noc2ccccc12. The van der Waals surface area contributed by atoms with Crippen LogP contribution in [0, 0.1) is 17.5 Å². The van der Waals surface area contributed by atoms with Gasteiger partial charge < -0.3 is 14.7 Å². The molecule has 0 aliphatic heterocycles. The minimum Gasteiger partial charge on any atom is -0.356 e. The first-order valence-corrected chi connectivity index (χ1v) is 7.87. The van der Waals surface area contributed by atoms with Gasteiger partial charge in [0.05, 0.1) is 18.7 Å². The van der Waals surface area contributed by atoms with Crippen LogP contribution in [0.5, 0.6) is 0 Å². The maximum Gasteiger partial charge on any atom is 0.244 e. The quantitative estimate of drug-likeness (QED) is 0.694. The molecule has 0 aliphatic rings. The first-order chi connectivity index (χ1) is 12.9. The highest BCUT2D eigenvalue weighted by molar-refractivity contribution is 5.95. The number of amides is 2. The van der Waals surface area contributed by atoms with Crippen molar-refractivity contribution in [3.05, 3.63) is 59.5 Å². The number of para-hydroxylation sites is 1. The number of halogens is 3. The lowest BCUT2D eigenvalue weighted by molar-refractivity contribution is -0.132. The number of carbonyl (C=O) groups excluding carboxylic acids is 2. The molecule has 2 amide bonds. The molecule has 3 rings (SSSR count). The van der Waals surface area contributed by atoms with E-state index >= 15 is 0 Å². The van der Waals surface area contributed by atoms with E-state index in [1.165, 1.54) is 7.05 Å². The zero-order chi connectivity index (χ0) is 19.6. The summed E-state index contributed by atoms with van der Waals surface area (Å²) in [4.78, 5) is 25.4. The molecule has 0 aliphatic carbocycles. The van der Waals surface area contributed by atoms with Gasteiger partial charge in [0, 0.05) is 12.4 Å². The number of likely N-dealkylation sites (N-methyl/N-ethyl adjacent to an activating group) is 1. The van der Waals surface area contributed by atoms with E-state index in [4.69, 9.17) is 4.52 Å². The standard InChI is InChI=1S/C18H14F3N3O3/c1-24(9-15(25)22-12-7-6-11(19)17(20)18(12)21)16(26)8-13-10-4-2-3-5-14(10)27-23-13/h2-7H,8-9H2,1H3,(H,22,25). The third kappa shape index (κ3) is 3.91. The highest BCUT2D eigenvalue weighted by Crippen LogP contribution is 2.20. The number of hydrogen-bond acceptors (Lipinski definition) is 4. The molecule has 0 saturated carbocycles. The fourth-order valence-corrected chi connectivity index (χ4v) is 2.46. The Morgan fingerprint density at radius 1 is 1.11 bits per heavy atom. The molecule has 2 aromatic carbocycles. The summed E-state index contributed by atoms with van der Waals surface area (Å²) in [6.07, 6.45) is -0.0969. The molecule has 1 heterocycles. The van der Waals surface area contributed by atoms with E-state index in [2.05, 4.69) is 10.5 Å². The first kappa shape index (κ1) is 18.4. The minimum atomic E-state index is -1.69. The second-order valence-corrected chi connectivity index (χ2v) is 5.82. The van der Waals surface area contributed by atoms with Crippen LogP contribution in [0.2, 0.25) is 0 Å². The van der Waals surface area contributed by atoms with Crippen molar-refractivity contribution >= 4 is 28.5 Å². The van der Waals surface area contributed by atoms with Crippen LogP contribution in [0.15, 0.2) is 40.9 Å². The average molecular weight is 377 g/mol. The molecule has 0 unspecified atom stereocenters. The third-order valence-corrected chi connectivity index (χ3v) is 3.89. The van der Waals surface area contributed by atoms with Gasteiger partial charge in [0.25, 0.3) is 0 Å². The van der Waals surface area contributed by atoms with E-state index < -0.39 is 41.5 Å². The van der Waals surface area contributed by atoms with Crippen molar-refractivity contribution in [1.82, 2.24) is 10.1 Å². The zero-order valence-corrected chi connectivity index (χ0v) is 14.1. The summed E-state index contributed by atoms with van der Waals surface area (Å²) in [6.45, 7) is -0.410. The van der Waals surface area contributed by atoms with Crippen LogP contribution in [0.1, 0.15) is 5.69 Å². The molecule has 1 aromatic heterocycles. The number of benzene rings is 2. The van der Waals surface area contributed by atoms with Crippen molar-refractivity contribution < 1.29 is 27.3 Å². The monoisotopic (exact) mass is 377 g/mol. The van der Waals surface area contributed by atoms with E-state index in [0.717, 1.165) is 11.0 Å². The van der Waals surface area contributed by atoms with Gasteiger partial charge in [0.15, 0.2) is 23.0 Å². The van der Waals surface area contributed by atoms with Crippen LogP contribution in [0.25, 0.3) is 11.0 Å². The Bertz CT molecular complexity index is 1020. The Labute approximate surface area is 151 Å². The fourth-order valence-electron chi connectivity index (χ4n) is 2.46. The second-order valence-electron chi connectivity index (χ2n) is 5.82. The number of nitrogens with zero attached hydrogens (tertiary/aromatic N) is 2. The molecule has 140 valence electrons. The number of nitrogens with one attached hydrogen (secondary N) is 1. The number of fused-ring (bicyclic) bond motifs is 1. The average Bonchev–Trinajstić information content (AvgIpc) is 3.05. The molecule has 3 aromatic rings. The molecule has 0 fully saturated rings. The van der Waals surface area contributed by atoms with Gasteiger partial charge in [-0.1, -0.05) is 17.3 Å². The largest absolute Gasteiger partial charge is 0.356 e.